The van der Waals surface area contributed by atoms with Crippen LogP contribution < -0.4 is 0 Å². The molecule has 0 aromatic carbocycles. The first-order chi connectivity index (χ1) is 13.6. The summed E-state index contributed by atoms with van der Waals surface area (Å²) in [6.07, 6.45) is 15.5. The van der Waals surface area contributed by atoms with Crippen molar-refractivity contribution in [3.8, 4) is 0 Å². The highest BCUT2D eigenvalue weighted by molar-refractivity contribution is 5.72. The zero-order chi connectivity index (χ0) is 21.9. The van der Waals surface area contributed by atoms with Crippen molar-refractivity contribution < 1.29 is 14.7 Å². The molecule has 1 heterocycles. The minimum Gasteiger partial charge on any atom is -0.462 e. The summed E-state index contributed by atoms with van der Waals surface area (Å²) in [5, 5.41) is 11.9. The maximum Gasteiger partial charge on any atom is 0.309 e. The zero-order valence-corrected chi connectivity index (χ0v) is 20.3. The molecule has 1 aliphatic heterocycles. The van der Waals surface area contributed by atoms with Gasteiger partial charge < -0.3 is 9.94 Å². The van der Waals surface area contributed by atoms with E-state index in [0.29, 0.717) is 12.8 Å². The molecule has 1 atom stereocenters. The Kier molecular flexibility index (Phi) is 11.8. The predicted molar refractivity (Wildman–Crippen MR) is 121 cm³/mol. The first-order valence-corrected chi connectivity index (χ1v) is 12.3. The van der Waals surface area contributed by atoms with Gasteiger partial charge in [0.25, 0.3) is 0 Å². The van der Waals surface area contributed by atoms with Gasteiger partial charge in [-0.1, -0.05) is 78.1 Å². The Bertz CT molecular complexity index is 443. The quantitative estimate of drug-likeness (QED) is 0.241. The van der Waals surface area contributed by atoms with Crippen LogP contribution in [0.1, 0.15) is 131 Å². The summed E-state index contributed by atoms with van der Waals surface area (Å²) in [6.45, 7) is 12.5. The summed E-state index contributed by atoms with van der Waals surface area (Å²) < 4.78 is 6.05. The lowest BCUT2D eigenvalue weighted by Gasteiger charge is -2.51. The molecule has 172 valence electrons. The van der Waals surface area contributed by atoms with E-state index in [4.69, 9.17) is 4.74 Å². The van der Waals surface area contributed by atoms with Crippen molar-refractivity contribution in [3.05, 3.63) is 0 Å². The van der Waals surface area contributed by atoms with E-state index in [2.05, 4.69) is 13.8 Å². The third-order valence-corrected chi connectivity index (χ3v) is 6.53. The fraction of sp³-hybridized carbons (Fsp3) is 0.960. The molecule has 0 aromatic heterocycles. The standard InChI is InChI=1S/C25H49NO3/c1-7-9-11-13-14-16-18-21(17-15-12-10-8-2)23(27)29-22-19-24(3,4)26(28)25(5,6)20-22/h21-22,28H,7-20H2,1-6H3. The summed E-state index contributed by atoms with van der Waals surface area (Å²) in [4.78, 5) is 13.0. The average Bonchev–Trinajstić information content (AvgIpc) is 2.63. The molecule has 0 radical (unpaired) electrons. The lowest BCUT2D eigenvalue weighted by molar-refractivity contribution is -0.260. The predicted octanol–water partition coefficient (Wildman–Crippen LogP) is 7.28. The van der Waals surface area contributed by atoms with E-state index in [1.165, 1.54) is 56.4 Å². The number of ether oxygens (including phenoxy) is 1. The Morgan fingerprint density at radius 2 is 1.28 bits per heavy atom. The third-order valence-electron chi connectivity index (χ3n) is 6.53. The molecule has 0 spiro atoms. The van der Waals surface area contributed by atoms with Gasteiger partial charge in [0.15, 0.2) is 0 Å². The van der Waals surface area contributed by atoms with Crippen LogP contribution in [0.25, 0.3) is 0 Å². The number of piperidine rings is 1. The fourth-order valence-corrected chi connectivity index (χ4v) is 4.89. The van der Waals surface area contributed by atoms with Gasteiger partial charge in [-0.15, -0.1) is 0 Å². The maximum atomic E-state index is 13.0. The van der Waals surface area contributed by atoms with E-state index in [0.717, 1.165) is 25.7 Å². The number of carbonyl (C=O) groups is 1. The smallest absolute Gasteiger partial charge is 0.309 e. The number of esters is 1. The number of hydrogen-bond acceptors (Lipinski definition) is 4. The highest BCUT2D eigenvalue weighted by atomic mass is 16.5. The molecular formula is C25H49NO3. The lowest BCUT2D eigenvalue weighted by Crippen LogP contribution is -2.60. The molecular weight excluding hydrogens is 362 g/mol. The molecule has 0 aromatic rings. The number of carbonyl (C=O) groups excluding carboxylic acids is 1. The van der Waals surface area contributed by atoms with Crippen molar-refractivity contribution in [3.63, 3.8) is 0 Å². The Morgan fingerprint density at radius 3 is 1.76 bits per heavy atom. The fourth-order valence-electron chi connectivity index (χ4n) is 4.89. The lowest BCUT2D eigenvalue weighted by atomic mass is 9.80. The molecule has 29 heavy (non-hydrogen) atoms. The summed E-state index contributed by atoms with van der Waals surface area (Å²) in [5.41, 5.74) is -0.773. The van der Waals surface area contributed by atoms with Crippen LogP contribution in [0.2, 0.25) is 0 Å². The Labute approximate surface area is 180 Å². The minimum absolute atomic E-state index is 0.00181. The number of hydrogen-bond donors (Lipinski definition) is 1. The van der Waals surface area contributed by atoms with Gasteiger partial charge in [-0.25, -0.2) is 0 Å². The van der Waals surface area contributed by atoms with Gasteiger partial charge in [0.05, 0.1) is 5.92 Å². The number of hydroxylamine groups is 2. The van der Waals surface area contributed by atoms with E-state index in [1.807, 2.05) is 27.7 Å². The Balaban J connectivity index is 2.59. The van der Waals surface area contributed by atoms with Gasteiger partial charge in [-0.2, -0.15) is 5.06 Å². The maximum absolute atomic E-state index is 13.0. The SMILES string of the molecule is CCCCCCCCC(CCCCCC)C(=O)OC1CC(C)(C)N(O)C(C)(C)C1. The van der Waals surface area contributed by atoms with Crippen LogP contribution in [0.3, 0.4) is 0 Å². The first kappa shape index (κ1) is 26.4. The van der Waals surface area contributed by atoms with E-state index in [-0.39, 0.29) is 29.1 Å². The van der Waals surface area contributed by atoms with Gasteiger partial charge in [-0.3, -0.25) is 4.79 Å². The summed E-state index contributed by atoms with van der Waals surface area (Å²) in [7, 11) is 0. The number of nitrogens with zero attached hydrogens (tertiary/aromatic N) is 1. The van der Waals surface area contributed by atoms with Crippen molar-refractivity contribution in [2.45, 2.75) is 149 Å². The van der Waals surface area contributed by atoms with Gasteiger partial charge in [0.1, 0.15) is 6.10 Å². The van der Waals surface area contributed by atoms with E-state index in [9.17, 15) is 10.0 Å². The van der Waals surface area contributed by atoms with Crippen molar-refractivity contribution in [2.24, 2.45) is 5.92 Å². The van der Waals surface area contributed by atoms with Gasteiger partial charge >= 0.3 is 5.97 Å². The van der Waals surface area contributed by atoms with E-state index >= 15 is 0 Å². The van der Waals surface area contributed by atoms with Gasteiger partial charge in [0, 0.05) is 23.9 Å². The Hall–Kier alpha value is -0.610. The molecule has 1 rings (SSSR count). The molecule has 1 aliphatic rings. The molecule has 4 nitrogen and oxygen atoms in total. The number of rotatable bonds is 14. The molecule has 1 N–H and O–H groups in total. The van der Waals surface area contributed by atoms with E-state index in [1.54, 1.807) is 0 Å². The van der Waals surface area contributed by atoms with Crippen LogP contribution in [0.5, 0.6) is 0 Å². The molecule has 1 fully saturated rings. The average molecular weight is 412 g/mol. The molecule has 0 amide bonds. The molecule has 0 aliphatic carbocycles. The van der Waals surface area contributed by atoms with Crippen LogP contribution in [0.15, 0.2) is 0 Å². The molecule has 0 bridgehead atoms. The second kappa shape index (κ2) is 12.9. The summed E-state index contributed by atoms with van der Waals surface area (Å²) >= 11 is 0. The minimum atomic E-state index is -0.386. The summed E-state index contributed by atoms with van der Waals surface area (Å²) in [5.74, 6) is 0.0365. The number of unbranched alkanes of at least 4 members (excludes halogenated alkanes) is 8. The van der Waals surface area contributed by atoms with Crippen molar-refractivity contribution in [1.29, 1.82) is 0 Å². The third kappa shape index (κ3) is 9.38. The van der Waals surface area contributed by atoms with Crippen molar-refractivity contribution in [1.82, 2.24) is 5.06 Å². The van der Waals surface area contributed by atoms with Crippen LogP contribution in [-0.4, -0.2) is 33.4 Å². The molecule has 4 heteroatoms. The molecule has 0 saturated carbocycles. The highest BCUT2D eigenvalue weighted by Crippen LogP contribution is 2.38. The van der Waals surface area contributed by atoms with Crippen LogP contribution in [-0.2, 0) is 9.53 Å². The van der Waals surface area contributed by atoms with Crippen molar-refractivity contribution in [2.75, 3.05) is 0 Å². The van der Waals surface area contributed by atoms with E-state index < -0.39 is 0 Å². The van der Waals surface area contributed by atoms with Crippen molar-refractivity contribution >= 4 is 5.97 Å². The zero-order valence-electron chi connectivity index (χ0n) is 20.3. The van der Waals surface area contributed by atoms with Gasteiger partial charge in [-0.05, 0) is 40.5 Å². The topological polar surface area (TPSA) is 49.8 Å². The normalized spacial score (nSPS) is 20.5. The van der Waals surface area contributed by atoms with Gasteiger partial charge in [0.2, 0.25) is 0 Å². The largest absolute Gasteiger partial charge is 0.462 e. The second-order valence-electron chi connectivity index (χ2n) is 10.5. The second-order valence-corrected chi connectivity index (χ2v) is 10.5. The molecule has 1 unspecified atom stereocenters. The monoisotopic (exact) mass is 411 g/mol. The Morgan fingerprint density at radius 1 is 0.862 bits per heavy atom. The van der Waals surface area contributed by atoms with Crippen LogP contribution >= 0.6 is 0 Å². The summed E-state index contributed by atoms with van der Waals surface area (Å²) in [6, 6.07) is 0. The first-order valence-electron chi connectivity index (χ1n) is 12.3. The van der Waals surface area contributed by atoms with Crippen LogP contribution in [0.4, 0.5) is 0 Å². The molecule has 1 saturated heterocycles. The highest BCUT2D eigenvalue weighted by Gasteiger charge is 2.46. The van der Waals surface area contributed by atoms with Crippen LogP contribution in [0, 0.1) is 5.92 Å².